The minimum absolute atomic E-state index is 0.0181. The Morgan fingerprint density at radius 3 is 2.29 bits per heavy atom. The van der Waals surface area contributed by atoms with Gasteiger partial charge in [0, 0.05) is 42.1 Å². The zero-order valence-electron chi connectivity index (χ0n) is 20.7. The molecule has 2 atom stereocenters. The Balaban J connectivity index is 1.48. The van der Waals surface area contributed by atoms with Gasteiger partial charge in [0.15, 0.2) is 0 Å². The van der Waals surface area contributed by atoms with E-state index in [1.165, 1.54) is 0 Å². The molecule has 5 heteroatoms. The second kappa shape index (κ2) is 10.9. The minimum Gasteiger partial charge on any atom is -0.461 e. The molecule has 1 amide bonds. The van der Waals surface area contributed by atoms with Crippen molar-refractivity contribution in [1.29, 1.82) is 0 Å². The largest absolute Gasteiger partial charge is 0.461 e. The summed E-state index contributed by atoms with van der Waals surface area (Å²) in [7, 11) is 0. The maximum Gasteiger partial charge on any atom is 0.253 e. The zero-order chi connectivity index (χ0) is 24.9. The molecule has 182 valence electrons. The summed E-state index contributed by atoms with van der Waals surface area (Å²) in [5, 5.41) is 0. The van der Waals surface area contributed by atoms with Crippen LogP contribution in [0.2, 0.25) is 0 Å². The molecule has 0 radical (unpaired) electrons. The van der Waals surface area contributed by atoms with Crippen LogP contribution in [0, 0.1) is 17.8 Å². The van der Waals surface area contributed by atoms with Gasteiger partial charge in [-0.3, -0.25) is 14.4 Å². The molecule has 35 heavy (non-hydrogen) atoms. The van der Waals surface area contributed by atoms with E-state index in [0.29, 0.717) is 43.0 Å². The highest BCUT2D eigenvalue weighted by Gasteiger charge is 2.34. The Hall–Kier alpha value is -3.47. The van der Waals surface area contributed by atoms with Crippen LogP contribution in [-0.4, -0.2) is 35.5 Å². The number of hydrogen-bond donors (Lipinski definition) is 0. The van der Waals surface area contributed by atoms with Gasteiger partial charge in [-0.2, -0.15) is 0 Å². The van der Waals surface area contributed by atoms with Gasteiger partial charge >= 0.3 is 0 Å². The standard InChI is InChI=1S/C30H33NO4/c1-4-26-14-15-27(35-26)21-10-12-22(13-11-21)28(32)29(33)24-16-17-31(19-25(18-24)20(2)3)30(34)23-8-6-5-7-9-23/h5-15,20,24-25H,4,16-19H2,1-3H3. The first kappa shape index (κ1) is 24.6. The lowest BCUT2D eigenvalue weighted by molar-refractivity contribution is -0.119. The van der Waals surface area contributed by atoms with Gasteiger partial charge in [0.05, 0.1) is 0 Å². The first-order chi connectivity index (χ1) is 16.9. The molecule has 1 aliphatic heterocycles. The molecular formula is C30H33NO4. The van der Waals surface area contributed by atoms with Crippen molar-refractivity contribution < 1.29 is 18.8 Å². The highest BCUT2D eigenvalue weighted by atomic mass is 16.3. The molecule has 1 aromatic heterocycles. The SMILES string of the molecule is CCc1ccc(-c2ccc(C(=O)C(=O)C3CCN(C(=O)c4ccccc4)CC(C(C)C)C3)cc2)o1. The Labute approximate surface area is 207 Å². The van der Waals surface area contributed by atoms with Crippen molar-refractivity contribution in [1.82, 2.24) is 4.90 Å². The summed E-state index contributed by atoms with van der Waals surface area (Å²) in [5.41, 5.74) is 1.92. The van der Waals surface area contributed by atoms with Crippen molar-refractivity contribution >= 4 is 17.5 Å². The van der Waals surface area contributed by atoms with E-state index in [-0.39, 0.29) is 23.5 Å². The molecule has 2 heterocycles. The van der Waals surface area contributed by atoms with Gasteiger partial charge in [0.25, 0.3) is 5.91 Å². The molecule has 2 unspecified atom stereocenters. The summed E-state index contributed by atoms with van der Waals surface area (Å²) in [6.45, 7) is 7.33. The van der Waals surface area contributed by atoms with Crippen LogP contribution in [0.4, 0.5) is 0 Å². The number of nitrogens with zero attached hydrogens (tertiary/aromatic N) is 1. The number of ketones is 2. The quantitative estimate of drug-likeness (QED) is 0.309. The van der Waals surface area contributed by atoms with Crippen molar-refractivity contribution in [2.75, 3.05) is 13.1 Å². The number of rotatable bonds is 7. The van der Waals surface area contributed by atoms with E-state index in [9.17, 15) is 14.4 Å². The first-order valence-corrected chi connectivity index (χ1v) is 12.5. The first-order valence-electron chi connectivity index (χ1n) is 12.5. The minimum atomic E-state index is -0.458. The fourth-order valence-electron chi connectivity index (χ4n) is 4.75. The predicted octanol–water partition coefficient (Wildman–Crippen LogP) is 6.09. The third-order valence-electron chi connectivity index (χ3n) is 7.08. The van der Waals surface area contributed by atoms with Crippen molar-refractivity contribution in [3.8, 4) is 11.3 Å². The van der Waals surface area contributed by atoms with Crippen LogP contribution < -0.4 is 0 Å². The molecule has 0 aliphatic carbocycles. The Kier molecular flexibility index (Phi) is 7.64. The van der Waals surface area contributed by atoms with Crippen molar-refractivity contribution in [3.05, 3.63) is 83.6 Å². The number of amides is 1. The van der Waals surface area contributed by atoms with E-state index < -0.39 is 5.78 Å². The molecular weight excluding hydrogens is 438 g/mol. The number of hydrogen-bond acceptors (Lipinski definition) is 4. The highest BCUT2D eigenvalue weighted by molar-refractivity contribution is 6.44. The smallest absolute Gasteiger partial charge is 0.253 e. The van der Waals surface area contributed by atoms with Gasteiger partial charge in [0.1, 0.15) is 11.5 Å². The van der Waals surface area contributed by atoms with E-state index in [2.05, 4.69) is 13.8 Å². The topological polar surface area (TPSA) is 67.6 Å². The second-order valence-electron chi connectivity index (χ2n) is 9.73. The van der Waals surface area contributed by atoms with Crippen molar-refractivity contribution in [3.63, 3.8) is 0 Å². The van der Waals surface area contributed by atoms with Crippen LogP contribution in [0.25, 0.3) is 11.3 Å². The number of furan rings is 1. The van der Waals surface area contributed by atoms with Crippen LogP contribution in [0.3, 0.4) is 0 Å². The van der Waals surface area contributed by atoms with Crippen LogP contribution in [0.15, 0.2) is 71.1 Å². The van der Waals surface area contributed by atoms with Crippen molar-refractivity contribution in [2.24, 2.45) is 17.8 Å². The number of carbonyl (C=O) groups is 3. The van der Waals surface area contributed by atoms with Gasteiger partial charge in [-0.25, -0.2) is 0 Å². The van der Waals surface area contributed by atoms with E-state index in [1.807, 2.05) is 66.4 Å². The Morgan fingerprint density at radius 1 is 0.943 bits per heavy atom. The lowest BCUT2D eigenvalue weighted by Gasteiger charge is -2.27. The molecule has 1 saturated heterocycles. The molecule has 0 N–H and O–H groups in total. The molecule has 1 aliphatic rings. The monoisotopic (exact) mass is 471 g/mol. The molecule has 0 bridgehead atoms. The van der Waals surface area contributed by atoms with E-state index in [4.69, 9.17) is 4.42 Å². The zero-order valence-corrected chi connectivity index (χ0v) is 20.7. The Morgan fingerprint density at radius 2 is 1.66 bits per heavy atom. The number of Topliss-reactive ketones (excluding diaryl/α,β-unsaturated/α-hetero) is 2. The van der Waals surface area contributed by atoms with Gasteiger partial charge < -0.3 is 9.32 Å². The summed E-state index contributed by atoms with van der Waals surface area (Å²) in [5.74, 6) is 0.883. The van der Waals surface area contributed by atoms with Gasteiger partial charge in [-0.15, -0.1) is 0 Å². The molecule has 2 aromatic carbocycles. The average Bonchev–Trinajstić information content (AvgIpc) is 3.26. The van der Waals surface area contributed by atoms with Gasteiger partial charge in [0.2, 0.25) is 11.6 Å². The molecule has 4 rings (SSSR count). The summed E-state index contributed by atoms with van der Waals surface area (Å²) in [6.07, 6.45) is 1.93. The number of carbonyl (C=O) groups excluding carboxylic acids is 3. The predicted molar refractivity (Wildman–Crippen MR) is 136 cm³/mol. The Bertz CT molecular complexity index is 1180. The van der Waals surface area contributed by atoms with E-state index in [1.54, 1.807) is 12.1 Å². The average molecular weight is 472 g/mol. The van der Waals surface area contributed by atoms with Gasteiger partial charge in [-0.05, 0) is 48.9 Å². The van der Waals surface area contributed by atoms with E-state index >= 15 is 0 Å². The normalized spacial score (nSPS) is 18.3. The lowest BCUT2D eigenvalue weighted by Crippen LogP contribution is -2.35. The number of aryl methyl sites for hydroxylation is 1. The molecule has 5 nitrogen and oxygen atoms in total. The van der Waals surface area contributed by atoms with E-state index in [0.717, 1.165) is 23.5 Å². The fourth-order valence-corrected chi connectivity index (χ4v) is 4.75. The summed E-state index contributed by atoms with van der Waals surface area (Å²) in [4.78, 5) is 41.3. The lowest BCUT2D eigenvalue weighted by atomic mass is 9.82. The summed E-state index contributed by atoms with van der Waals surface area (Å²) < 4.78 is 5.79. The molecule has 0 saturated carbocycles. The van der Waals surface area contributed by atoms with Crippen LogP contribution in [-0.2, 0) is 11.2 Å². The maximum atomic E-state index is 13.3. The van der Waals surface area contributed by atoms with Crippen LogP contribution in [0.5, 0.6) is 0 Å². The third kappa shape index (κ3) is 5.61. The molecule has 1 fully saturated rings. The fraction of sp³-hybridized carbons (Fsp3) is 0.367. The molecule has 3 aromatic rings. The maximum absolute atomic E-state index is 13.3. The highest BCUT2D eigenvalue weighted by Crippen LogP contribution is 2.30. The third-order valence-corrected chi connectivity index (χ3v) is 7.08. The van der Waals surface area contributed by atoms with Gasteiger partial charge in [-0.1, -0.05) is 63.2 Å². The molecule has 0 spiro atoms. The second-order valence-corrected chi connectivity index (χ2v) is 9.73. The van der Waals surface area contributed by atoms with Crippen LogP contribution >= 0.6 is 0 Å². The number of likely N-dealkylation sites (tertiary alicyclic amines) is 1. The summed E-state index contributed by atoms with van der Waals surface area (Å²) >= 11 is 0. The summed E-state index contributed by atoms with van der Waals surface area (Å²) in [6, 6.07) is 20.1. The number of benzene rings is 2. The van der Waals surface area contributed by atoms with Crippen LogP contribution in [0.1, 0.15) is 60.1 Å². The van der Waals surface area contributed by atoms with Crippen molar-refractivity contribution in [2.45, 2.75) is 40.0 Å².